The van der Waals surface area contributed by atoms with Crippen molar-refractivity contribution in [2.24, 2.45) is 0 Å². The van der Waals surface area contributed by atoms with E-state index in [2.05, 4.69) is 4.74 Å². The number of rotatable bonds is 5. The monoisotopic (exact) mass is 178 g/mol. The van der Waals surface area contributed by atoms with Crippen LogP contribution in [0, 0.1) is 0 Å². The zero-order chi connectivity index (χ0) is 9.61. The van der Waals surface area contributed by atoms with Gasteiger partial charge < -0.3 is 19.3 Å². The molecular formula is C7H14O5. The molecular weight excluding hydrogens is 164 g/mol. The molecule has 0 unspecified atom stereocenters. The maximum atomic E-state index is 10.2. The molecule has 0 heterocycles. The van der Waals surface area contributed by atoms with Gasteiger partial charge in [-0.15, -0.1) is 0 Å². The molecule has 0 aromatic rings. The topological polar surface area (TPSA) is 65.0 Å². The van der Waals surface area contributed by atoms with E-state index >= 15 is 0 Å². The average molecular weight is 178 g/mol. The van der Waals surface area contributed by atoms with E-state index in [1.807, 2.05) is 0 Å². The fourth-order valence-electron chi connectivity index (χ4n) is 0.784. The molecule has 0 fully saturated rings. The first-order valence-corrected chi connectivity index (χ1v) is 3.74. The Morgan fingerprint density at radius 2 is 1.75 bits per heavy atom. The summed E-state index contributed by atoms with van der Waals surface area (Å²) in [4.78, 5) is 10.2. The summed E-state index contributed by atoms with van der Waals surface area (Å²) in [6, 6.07) is 0. The van der Waals surface area contributed by atoms with Crippen molar-refractivity contribution in [2.45, 2.75) is 26.7 Å². The smallest absolute Gasteiger partial charge is 0.450 e. The van der Waals surface area contributed by atoms with Gasteiger partial charge >= 0.3 is 12.1 Å². The molecule has 0 amide bonds. The lowest BCUT2D eigenvalue weighted by Gasteiger charge is -2.26. The number of carbonyl (C=O) groups is 1. The molecule has 5 nitrogen and oxygen atoms in total. The number of ether oxygens (including phenoxy) is 3. The lowest BCUT2D eigenvalue weighted by Crippen LogP contribution is -2.37. The van der Waals surface area contributed by atoms with Crippen LogP contribution in [-0.2, 0) is 14.2 Å². The molecule has 5 heteroatoms. The van der Waals surface area contributed by atoms with Gasteiger partial charge in [0.15, 0.2) is 0 Å². The minimum atomic E-state index is -1.48. The van der Waals surface area contributed by atoms with E-state index in [1.165, 1.54) is 6.92 Å². The maximum Gasteiger partial charge on any atom is 0.510 e. The second-order valence-corrected chi connectivity index (χ2v) is 2.10. The normalized spacial score (nSPS) is 11.2. The Kier molecular flexibility index (Phi) is 4.61. The molecule has 1 N–H and O–H groups in total. The van der Waals surface area contributed by atoms with Crippen LogP contribution in [0.4, 0.5) is 4.79 Å². The molecule has 12 heavy (non-hydrogen) atoms. The Balaban J connectivity index is 4.07. The highest BCUT2D eigenvalue weighted by Crippen LogP contribution is 2.14. The molecule has 0 bridgehead atoms. The summed E-state index contributed by atoms with van der Waals surface area (Å²) in [5.41, 5.74) is 0. The Bertz CT molecular complexity index is 139. The van der Waals surface area contributed by atoms with Crippen LogP contribution < -0.4 is 0 Å². The molecule has 0 aliphatic heterocycles. The van der Waals surface area contributed by atoms with Gasteiger partial charge in [-0.1, -0.05) is 0 Å². The fourth-order valence-corrected chi connectivity index (χ4v) is 0.784. The van der Waals surface area contributed by atoms with Crippen LogP contribution in [0.1, 0.15) is 20.8 Å². The number of hydrogen-bond acceptors (Lipinski definition) is 4. The lowest BCUT2D eigenvalue weighted by atomic mass is 10.6. The number of carboxylic acid groups (broad SMARTS) is 1. The summed E-state index contributed by atoms with van der Waals surface area (Å²) >= 11 is 0. The largest absolute Gasteiger partial charge is 0.510 e. The molecule has 0 atom stereocenters. The van der Waals surface area contributed by atoms with Gasteiger partial charge in [-0.25, -0.2) is 4.79 Å². The first-order chi connectivity index (χ1) is 5.54. The van der Waals surface area contributed by atoms with Gasteiger partial charge in [0.2, 0.25) is 0 Å². The molecule has 0 aromatic carbocycles. The van der Waals surface area contributed by atoms with Crippen molar-refractivity contribution >= 4 is 6.16 Å². The molecule has 0 saturated carbocycles. The van der Waals surface area contributed by atoms with Crippen molar-refractivity contribution in [3.05, 3.63) is 0 Å². The Morgan fingerprint density at radius 3 is 2.00 bits per heavy atom. The third kappa shape index (κ3) is 4.15. The highest BCUT2D eigenvalue weighted by molar-refractivity contribution is 5.57. The highest BCUT2D eigenvalue weighted by Gasteiger charge is 2.29. The van der Waals surface area contributed by atoms with Crippen LogP contribution in [-0.4, -0.2) is 30.4 Å². The molecule has 0 radical (unpaired) electrons. The van der Waals surface area contributed by atoms with Gasteiger partial charge in [-0.3, -0.25) is 0 Å². The lowest BCUT2D eigenvalue weighted by molar-refractivity contribution is -0.345. The van der Waals surface area contributed by atoms with E-state index < -0.39 is 12.1 Å². The number of hydrogen-bond donors (Lipinski definition) is 1. The van der Waals surface area contributed by atoms with E-state index in [0.29, 0.717) is 13.2 Å². The summed E-state index contributed by atoms with van der Waals surface area (Å²) in [7, 11) is 0. The molecule has 0 spiro atoms. The van der Waals surface area contributed by atoms with Gasteiger partial charge in [0.05, 0.1) is 13.2 Å². The summed E-state index contributed by atoms with van der Waals surface area (Å²) < 4.78 is 14.3. The average Bonchev–Trinajstić information content (AvgIpc) is 1.85. The standard InChI is InChI=1S/C7H14O5/c1-4-10-7(3,11-5-2)12-6(8)9/h4-5H2,1-3H3,(H,8,9). The van der Waals surface area contributed by atoms with Crippen molar-refractivity contribution in [3.8, 4) is 0 Å². The Hall–Kier alpha value is -0.810. The molecule has 0 aliphatic carbocycles. The highest BCUT2D eigenvalue weighted by atomic mass is 16.9. The summed E-state index contributed by atoms with van der Waals surface area (Å²) in [5, 5.41) is 8.32. The van der Waals surface area contributed by atoms with E-state index in [4.69, 9.17) is 14.6 Å². The summed E-state index contributed by atoms with van der Waals surface area (Å²) in [6.45, 7) is 5.51. The van der Waals surface area contributed by atoms with Gasteiger partial charge in [-0.2, -0.15) is 0 Å². The third-order valence-corrected chi connectivity index (χ3v) is 1.09. The van der Waals surface area contributed by atoms with E-state index in [9.17, 15) is 4.79 Å². The van der Waals surface area contributed by atoms with Gasteiger partial charge in [0.25, 0.3) is 0 Å². The van der Waals surface area contributed by atoms with Crippen molar-refractivity contribution < 1.29 is 24.1 Å². The van der Waals surface area contributed by atoms with Crippen LogP contribution in [0.3, 0.4) is 0 Å². The van der Waals surface area contributed by atoms with E-state index in [-0.39, 0.29) is 0 Å². The van der Waals surface area contributed by atoms with Crippen molar-refractivity contribution in [2.75, 3.05) is 13.2 Å². The molecule has 0 aromatic heterocycles. The second kappa shape index (κ2) is 4.95. The molecule has 0 rings (SSSR count). The minimum absolute atomic E-state index is 0.323. The van der Waals surface area contributed by atoms with Crippen LogP contribution in [0.15, 0.2) is 0 Å². The van der Waals surface area contributed by atoms with Crippen LogP contribution >= 0.6 is 0 Å². The fraction of sp³-hybridized carbons (Fsp3) is 0.857. The van der Waals surface area contributed by atoms with Gasteiger partial charge in [0.1, 0.15) is 0 Å². The zero-order valence-electron chi connectivity index (χ0n) is 7.49. The molecule has 0 aliphatic rings. The Morgan fingerprint density at radius 1 is 1.33 bits per heavy atom. The molecule has 0 saturated heterocycles. The predicted octanol–water partition coefficient (Wildman–Crippen LogP) is 1.43. The summed E-state index contributed by atoms with van der Waals surface area (Å²) in [6.07, 6.45) is -1.42. The van der Waals surface area contributed by atoms with Gasteiger partial charge in [-0.05, 0) is 13.8 Å². The van der Waals surface area contributed by atoms with Crippen molar-refractivity contribution in [3.63, 3.8) is 0 Å². The van der Waals surface area contributed by atoms with Gasteiger partial charge in [0, 0.05) is 6.92 Å². The second-order valence-electron chi connectivity index (χ2n) is 2.10. The minimum Gasteiger partial charge on any atom is -0.450 e. The third-order valence-electron chi connectivity index (χ3n) is 1.09. The quantitative estimate of drug-likeness (QED) is 0.509. The van der Waals surface area contributed by atoms with Crippen LogP contribution in [0.2, 0.25) is 0 Å². The van der Waals surface area contributed by atoms with E-state index in [1.54, 1.807) is 13.8 Å². The van der Waals surface area contributed by atoms with Crippen LogP contribution in [0.25, 0.3) is 0 Å². The summed E-state index contributed by atoms with van der Waals surface area (Å²) in [5.74, 6) is -1.48. The first kappa shape index (κ1) is 11.2. The van der Waals surface area contributed by atoms with Crippen LogP contribution in [0.5, 0.6) is 0 Å². The maximum absolute atomic E-state index is 10.2. The predicted molar refractivity (Wildman–Crippen MR) is 40.8 cm³/mol. The first-order valence-electron chi connectivity index (χ1n) is 3.74. The zero-order valence-corrected chi connectivity index (χ0v) is 7.49. The van der Waals surface area contributed by atoms with Crippen molar-refractivity contribution in [1.82, 2.24) is 0 Å². The van der Waals surface area contributed by atoms with E-state index in [0.717, 1.165) is 0 Å². The SMILES string of the molecule is CCOC(C)(OCC)OC(=O)O. The Labute approximate surface area is 71.2 Å². The van der Waals surface area contributed by atoms with Crippen molar-refractivity contribution in [1.29, 1.82) is 0 Å². The molecule has 72 valence electrons.